The lowest BCUT2D eigenvalue weighted by Gasteiger charge is -2.18. The van der Waals surface area contributed by atoms with Crippen molar-refractivity contribution in [3.8, 4) is 5.88 Å². The van der Waals surface area contributed by atoms with Gasteiger partial charge >= 0.3 is 0 Å². The first-order chi connectivity index (χ1) is 11.2. The van der Waals surface area contributed by atoms with Crippen LogP contribution in [-0.4, -0.2) is 52.4 Å². The summed E-state index contributed by atoms with van der Waals surface area (Å²) < 4.78 is 5.13. The van der Waals surface area contributed by atoms with Crippen molar-refractivity contribution >= 4 is 23.5 Å². The fourth-order valence-electron chi connectivity index (χ4n) is 2.57. The van der Waals surface area contributed by atoms with Crippen molar-refractivity contribution in [3.05, 3.63) is 24.0 Å². The van der Waals surface area contributed by atoms with E-state index >= 15 is 0 Å². The Hall–Kier alpha value is -2.09. The van der Waals surface area contributed by atoms with Crippen molar-refractivity contribution in [2.45, 2.75) is 24.5 Å². The maximum atomic E-state index is 5.13. The lowest BCUT2D eigenvalue weighted by Crippen LogP contribution is -2.27. The molecule has 2 aromatic rings. The van der Waals surface area contributed by atoms with Crippen LogP contribution in [0.25, 0.3) is 0 Å². The van der Waals surface area contributed by atoms with Crippen LogP contribution in [0.3, 0.4) is 0 Å². The highest BCUT2D eigenvalue weighted by Gasteiger charge is 2.24. The highest BCUT2D eigenvalue weighted by molar-refractivity contribution is 7.98. The van der Waals surface area contributed by atoms with E-state index in [0.29, 0.717) is 11.8 Å². The van der Waals surface area contributed by atoms with Crippen molar-refractivity contribution in [2.24, 2.45) is 0 Å². The number of ether oxygens (including phenoxy) is 1. The molecule has 1 unspecified atom stereocenters. The molecule has 8 heteroatoms. The molecule has 122 valence electrons. The Morgan fingerprint density at radius 1 is 1.35 bits per heavy atom. The molecule has 3 heterocycles. The summed E-state index contributed by atoms with van der Waals surface area (Å²) in [4.78, 5) is 19.8. The predicted molar refractivity (Wildman–Crippen MR) is 91.4 cm³/mol. The molecule has 2 aromatic heterocycles. The van der Waals surface area contributed by atoms with Crippen LogP contribution < -0.4 is 15.0 Å². The summed E-state index contributed by atoms with van der Waals surface area (Å²) in [5.41, 5.74) is 0.992. The fraction of sp³-hybridized carbons (Fsp3) is 0.467. The Labute approximate surface area is 139 Å². The summed E-state index contributed by atoms with van der Waals surface area (Å²) in [6.07, 6.45) is 4.70. The summed E-state index contributed by atoms with van der Waals surface area (Å²) in [6, 6.07) is 4.05. The Morgan fingerprint density at radius 3 is 3.00 bits per heavy atom. The van der Waals surface area contributed by atoms with Gasteiger partial charge in [0.2, 0.25) is 11.8 Å². The molecule has 0 amide bonds. The molecule has 1 fully saturated rings. The van der Waals surface area contributed by atoms with E-state index in [4.69, 9.17) is 4.74 Å². The molecule has 0 saturated carbocycles. The second kappa shape index (κ2) is 6.99. The number of nitrogens with one attached hydrogen (secondary N) is 1. The molecule has 1 aliphatic heterocycles. The Bertz CT molecular complexity index is 683. The number of methoxy groups -OCH3 is 1. The molecule has 0 spiro atoms. The summed E-state index contributed by atoms with van der Waals surface area (Å²) in [6.45, 7) is 3.82. The minimum absolute atomic E-state index is 0.287. The van der Waals surface area contributed by atoms with E-state index < -0.39 is 0 Å². The summed E-state index contributed by atoms with van der Waals surface area (Å²) in [5.74, 6) is 2.14. The number of nitrogens with zero attached hydrogens (tertiary/aromatic N) is 5. The summed E-state index contributed by atoms with van der Waals surface area (Å²) in [7, 11) is 1.60. The van der Waals surface area contributed by atoms with Gasteiger partial charge in [-0.1, -0.05) is 11.8 Å². The van der Waals surface area contributed by atoms with Crippen LogP contribution in [0, 0.1) is 6.92 Å². The van der Waals surface area contributed by atoms with E-state index in [9.17, 15) is 0 Å². The third kappa shape index (κ3) is 3.82. The number of aryl methyl sites for hydroxylation is 1. The second-order valence-corrected chi connectivity index (χ2v) is 6.13. The molecule has 7 nitrogen and oxygen atoms in total. The van der Waals surface area contributed by atoms with Crippen LogP contribution >= 0.6 is 11.8 Å². The van der Waals surface area contributed by atoms with Crippen molar-refractivity contribution in [2.75, 3.05) is 36.7 Å². The van der Waals surface area contributed by atoms with Gasteiger partial charge in [0.25, 0.3) is 0 Å². The molecule has 1 atom stereocenters. The molecule has 0 radical (unpaired) electrons. The van der Waals surface area contributed by atoms with Gasteiger partial charge in [-0.3, -0.25) is 0 Å². The Balaban J connectivity index is 1.67. The summed E-state index contributed by atoms with van der Waals surface area (Å²) in [5, 5.41) is 4.18. The number of thioether (sulfide) groups is 1. The molecule has 1 saturated heterocycles. The lowest BCUT2D eigenvalue weighted by molar-refractivity contribution is 0.397. The Morgan fingerprint density at radius 2 is 2.22 bits per heavy atom. The molecule has 0 bridgehead atoms. The number of aromatic nitrogens is 4. The van der Waals surface area contributed by atoms with Crippen molar-refractivity contribution in [3.63, 3.8) is 0 Å². The maximum Gasteiger partial charge on any atom is 0.226 e. The van der Waals surface area contributed by atoms with Gasteiger partial charge in [-0.25, -0.2) is 15.0 Å². The largest absolute Gasteiger partial charge is 0.481 e. The van der Waals surface area contributed by atoms with Crippen LogP contribution in [0.5, 0.6) is 5.88 Å². The van der Waals surface area contributed by atoms with Gasteiger partial charge in [-0.05, 0) is 19.6 Å². The number of rotatable bonds is 5. The van der Waals surface area contributed by atoms with Crippen molar-refractivity contribution < 1.29 is 4.74 Å². The van der Waals surface area contributed by atoms with Crippen LogP contribution in [0.2, 0.25) is 0 Å². The average molecular weight is 332 g/mol. The Kier molecular flexibility index (Phi) is 4.80. The smallest absolute Gasteiger partial charge is 0.226 e. The third-order valence-corrected chi connectivity index (χ3v) is 4.24. The number of anilines is 2. The normalized spacial score (nSPS) is 17.3. The first-order valence-corrected chi connectivity index (χ1v) is 8.68. The highest BCUT2D eigenvalue weighted by Crippen LogP contribution is 2.23. The van der Waals surface area contributed by atoms with E-state index in [1.54, 1.807) is 31.1 Å². The lowest BCUT2D eigenvalue weighted by atomic mass is 10.3. The predicted octanol–water partition coefficient (Wildman–Crippen LogP) is 2.00. The minimum Gasteiger partial charge on any atom is -0.481 e. The van der Waals surface area contributed by atoms with Crippen LogP contribution in [-0.2, 0) is 0 Å². The summed E-state index contributed by atoms with van der Waals surface area (Å²) >= 11 is 1.57. The first-order valence-electron chi connectivity index (χ1n) is 7.46. The van der Waals surface area contributed by atoms with Gasteiger partial charge in [-0.15, -0.1) is 0 Å². The zero-order valence-corrected chi connectivity index (χ0v) is 14.3. The van der Waals surface area contributed by atoms with Crippen LogP contribution in [0.4, 0.5) is 11.8 Å². The molecule has 0 aromatic carbocycles. The first kappa shape index (κ1) is 15.8. The zero-order valence-electron chi connectivity index (χ0n) is 13.5. The maximum absolute atomic E-state index is 5.13. The number of hydrogen-bond donors (Lipinski definition) is 1. The van der Waals surface area contributed by atoms with E-state index in [1.807, 2.05) is 19.2 Å². The molecule has 1 N–H and O–H groups in total. The van der Waals surface area contributed by atoms with Crippen LogP contribution in [0.15, 0.2) is 23.5 Å². The standard InChI is InChI=1S/C15H20N6OS/c1-10-8-12(19-15(17-10)23-3)21-7-5-11(9-21)18-14-16-6-4-13(20-14)22-2/h4,6,8,11H,5,7,9H2,1-3H3,(H,16,18,20). The van der Waals surface area contributed by atoms with Crippen molar-refractivity contribution in [1.82, 2.24) is 19.9 Å². The quantitative estimate of drug-likeness (QED) is 0.658. The van der Waals surface area contributed by atoms with Gasteiger partial charge < -0.3 is 15.0 Å². The fourth-order valence-corrected chi connectivity index (χ4v) is 2.99. The molecule has 0 aliphatic carbocycles. The number of hydrogen-bond acceptors (Lipinski definition) is 8. The van der Waals surface area contributed by atoms with Gasteiger partial charge in [0.15, 0.2) is 5.16 Å². The van der Waals surface area contributed by atoms with Crippen molar-refractivity contribution in [1.29, 1.82) is 0 Å². The van der Waals surface area contributed by atoms with Gasteiger partial charge in [0.1, 0.15) is 5.82 Å². The zero-order chi connectivity index (χ0) is 16.2. The monoisotopic (exact) mass is 332 g/mol. The van der Waals surface area contributed by atoms with Gasteiger partial charge in [-0.2, -0.15) is 4.98 Å². The average Bonchev–Trinajstić information content (AvgIpc) is 3.03. The molecular weight excluding hydrogens is 312 g/mol. The highest BCUT2D eigenvalue weighted by atomic mass is 32.2. The van der Waals surface area contributed by atoms with E-state index in [-0.39, 0.29) is 6.04 Å². The van der Waals surface area contributed by atoms with E-state index in [2.05, 4.69) is 30.2 Å². The SMILES string of the molecule is COc1ccnc(NC2CCN(c3cc(C)nc(SC)n3)C2)n1. The molecule has 3 rings (SSSR count). The van der Waals surface area contributed by atoms with Crippen LogP contribution in [0.1, 0.15) is 12.1 Å². The van der Waals surface area contributed by atoms with E-state index in [0.717, 1.165) is 36.2 Å². The second-order valence-electron chi connectivity index (χ2n) is 5.35. The third-order valence-electron chi connectivity index (χ3n) is 3.69. The molecule has 23 heavy (non-hydrogen) atoms. The van der Waals surface area contributed by atoms with Gasteiger partial charge in [0.05, 0.1) is 7.11 Å². The molecule has 1 aliphatic rings. The molecular formula is C15H20N6OS. The van der Waals surface area contributed by atoms with E-state index in [1.165, 1.54) is 0 Å². The van der Waals surface area contributed by atoms with Gasteiger partial charge in [0, 0.05) is 43.2 Å². The minimum atomic E-state index is 0.287. The topological polar surface area (TPSA) is 76.1 Å².